The third-order valence-electron chi connectivity index (χ3n) is 5.58. The fraction of sp³-hybridized carbons (Fsp3) is 0.160. The Labute approximate surface area is 223 Å². The zero-order valence-corrected chi connectivity index (χ0v) is 21.6. The van der Waals surface area contributed by atoms with Crippen molar-refractivity contribution < 1.29 is 28.5 Å². The van der Waals surface area contributed by atoms with Crippen LogP contribution in [0.2, 0.25) is 5.02 Å². The van der Waals surface area contributed by atoms with Gasteiger partial charge in [-0.25, -0.2) is 13.0 Å². The molecule has 0 unspecified atom stereocenters. The third kappa shape index (κ3) is 5.21. The number of aromatic hydroxyl groups is 3. The number of phenols is 2. The van der Waals surface area contributed by atoms with E-state index >= 15 is 0 Å². The third-order valence-corrected chi connectivity index (χ3v) is 7.73. The van der Waals surface area contributed by atoms with Crippen molar-refractivity contribution in [2.75, 3.05) is 13.7 Å². The Morgan fingerprint density at radius 2 is 1.76 bits per heavy atom. The molecule has 1 heterocycles. The number of phenolic OH excluding ortho intramolecular Hbond substituents is 2. The summed E-state index contributed by atoms with van der Waals surface area (Å²) in [6.45, 7) is 0.0301. The first kappa shape index (κ1) is 26.7. The molecule has 0 spiro atoms. The predicted molar refractivity (Wildman–Crippen MR) is 138 cm³/mol. The van der Waals surface area contributed by atoms with Crippen molar-refractivity contribution in [3.05, 3.63) is 71.2 Å². The molecule has 0 atom stereocenters. The number of hydrogen-bond donors (Lipinski definition) is 3. The number of aromatic nitrogens is 3. The molecular formula is C25H22ClN5O6S. The SMILES string of the molecule is CN(Cc1ccccc1OCCC#N)S(=O)(=O)c1cc(-c2nnc(O)n2-c2ccccc2Cl)c(O)cc1O. The monoisotopic (exact) mass is 555 g/mol. The summed E-state index contributed by atoms with van der Waals surface area (Å²) in [4.78, 5) is -0.510. The van der Waals surface area contributed by atoms with Gasteiger partial charge in [-0.2, -0.15) is 9.57 Å². The summed E-state index contributed by atoms with van der Waals surface area (Å²) in [5, 5.41) is 48.0. The molecular weight excluding hydrogens is 534 g/mol. The van der Waals surface area contributed by atoms with E-state index in [0.717, 1.165) is 21.0 Å². The van der Waals surface area contributed by atoms with Crippen LogP contribution < -0.4 is 4.74 Å². The van der Waals surface area contributed by atoms with Gasteiger partial charge in [0.05, 0.1) is 28.8 Å². The van der Waals surface area contributed by atoms with Crippen LogP contribution in [-0.4, -0.2) is 56.5 Å². The second-order valence-corrected chi connectivity index (χ2v) is 10.5. The molecule has 11 nitrogen and oxygen atoms in total. The Hall–Kier alpha value is -4.31. The topological polar surface area (TPSA) is 162 Å². The van der Waals surface area contributed by atoms with E-state index in [1.807, 2.05) is 6.07 Å². The van der Waals surface area contributed by atoms with Crippen LogP contribution in [0.5, 0.6) is 23.3 Å². The van der Waals surface area contributed by atoms with Gasteiger partial charge >= 0.3 is 6.01 Å². The number of nitriles is 1. The minimum atomic E-state index is -4.32. The summed E-state index contributed by atoms with van der Waals surface area (Å²) in [6, 6.07) is 16.6. The first-order valence-corrected chi connectivity index (χ1v) is 13.0. The van der Waals surface area contributed by atoms with Gasteiger partial charge in [-0.1, -0.05) is 47.0 Å². The predicted octanol–water partition coefficient (Wildman–Crippen LogP) is 3.82. The van der Waals surface area contributed by atoms with E-state index < -0.39 is 32.4 Å². The molecule has 0 amide bonds. The summed E-state index contributed by atoms with van der Waals surface area (Å²) < 4.78 is 34.8. The molecule has 0 aliphatic heterocycles. The standard InChI is InChI=1S/C25H22ClN5O6S/c1-30(15-16-7-2-5-10-22(16)37-12-6-11-27)38(35,36)23-13-17(20(32)14-21(23)33)24-28-29-25(34)31(24)19-9-4-3-8-18(19)26/h2-5,7-10,13-14,32-33H,6,12,15H2,1H3,(H,29,34). The van der Waals surface area contributed by atoms with Gasteiger partial charge in [-0.3, -0.25) is 0 Å². The maximum absolute atomic E-state index is 13.5. The number of para-hydroxylation sites is 2. The fourth-order valence-electron chi connectivity index (χ4n) is 3.72. The van der Waals surface area contributed by atoms with Gasteiger partial charge in [0.15, 0.2) is 5.82 Å². The molecule has 4 rings (SSSR count). The second kappa shape index (κ2) is 11.0. The molecule has 0 aliphatic carbocycles. The van der Waals surface area contributed by atoms with E-state index in [4.69, 9.17) is 21.6 Å². The molecule has 0 bridgehead atoms. The number of hydrogen-bond acceptors (Lipinski definition) is 9. The van der Waals surface area contributed by atoms with Crippen LogP contribution in [0.4, 0.5) is 0 Å². The van der Waals surface area contributed by atoms with Gasteiger partial charge in [-0.05, 0) is 24.3 Å². The molecule has 0 saturated heterocycles. The van der Waals surface area contributed by atoms with Gasteiger partial charge < -0.3 is 20.1 Å². The molecule has 3 N–H and O–H groups in total. The zero-order chi connectivity index (χ0) is 27.4. The van der Waals surface area contributed by atoms with Crippen molar-refractivity contribution in [2.24, 2.45) is 0 Å². The van der Waals surface area contributed by atoms with Crippen LogP contribution in [0, 0.1) is 11.3 Å². The van der Waals surface area contributed by atoms with Gasteiger partial charge in [-0.15, -0.1) is 5.10 Å². The van der Waals surface area contributed by atoms with Crippen LogP contribution in [0.25, 0.3) is 17.1 Å². The van der Waals surface area contributed by atoms with Crippen molar-refractivity contribution in [3.63, 3.8) is 0 Å². The number of nitrogens with zero attached hydrogens (tertiary/aromatic N) is 5. The lowest BCUT2D eigenvalue weighted by Crippen LogP contribution is -2.27. The summed E-state index contributed by atoms with van der Waals surface area (Å²) in [5.74, 6) is -0.877. The molecule has 0 aliphatic rings. The highest BCUT2D eigenvalue weighted by Crippen LogP contribution is 2.40. The van der Waals surface area contributed by atoms with Crippen LogP contribution >= 0.6 is 11.6 Å². The summed E-state index contributed by atoms with van der Waals surface area (Å²) in [7, 11) is -2.99. The van der Waals surface area contributed by atoms with Gasteiger partial charge in [0.1, 0.15) is 28.8 Å². The molecule has 0 fully saturated rings. The Morgan fingerprint density at radius 3 is 2.50 bits per heavy atom. The number of rotatable bonds is 9. The number of sulfonamides is 1. The highest BCUT2D eigenvalue weighted by molar-refractivity contribution is 7.89. The average molecular weight is 556 g/mol. The van der Waals surface area contributed by atoms with E-state index in [2.05, 4.69) is 10.2 Å². The molecule has 13 heteroatoms. The molecule has 38 heavy (non-hydrogen) atoms. The Kier molecular flexibility index (Phi) is 7.72. The fourth-order valence-corrected chi connectivity index (χ4v) is 5.18. The van der Waals surface area contributed by atoms with Crippen molar-refractivity contribution in [3.8, 4) is 46.4 Å². The lowest BCUT2D eigenvalue weighted by molar-refractivity contribution is 0.319. The van der Waals surface area contributed by atoms with Crippen molar-refractivity contribution in [1.82, 2.24) is 19.1 Å². The largest absolute Gasteiger partial charge is 0.507 e. The van der Waals surface area contributed by atoms with E-state index in [1.165, 1.54) is 7.05 Å². The van der Waals surface area contributed by atoms with Crippen LogP contribution in [0.15, 0.2) is 65.6 Å². The van der Waals surface area contributed by atoms with Crippen LogP contribution in [0.1, 0.15) is 12.0 Å². The summed E-state index contributed by atoms with van der Waals surface area (Å²) >= 11 is 6.27. The first-order chi connectivity index (χ1) is 18.1. The second-order valence-electron chi connectivity index (χ2n) is 8.07. The smallest absolute Gasteiger partial charge is 0.319 e. The number of benzene rings is 3. The van der Waals surface area contributed by atoms with E-state index in [-0.39, 0.29) is 41.7 Å². The number of ether oxygens (including phenoxy) is 1. The minimum Gasteiger partial charge on any atom is -0.507 e. The lowest BCUT2D eigenvalue weighted by atomic mass is 10.1. The van der Waals surface area contributed by atoms with Gasteiger partial charge in [0, 0.05) is 25.2 Å². The van der Waals surface area contributed by atoms with Crippen molar-refractivity contribution in [1.29, 1.82) is 5.26 Å². The maximum atomic E-state index is 13.5. The van der Waals surface area contributed by atoms with Gasteiger partial charge in [0.25, 0.3) is 0 Å². The maximum Gasteiger partial charge on any atom is 0.319 e. The Bertz CT molecular complexity index is 1630. The summed E-state index contributed by atoms with van der Waals surface area (Å²) in [6.07, 6.45) is 0.168. The quantitative estimate of drug-likeness (QED) is 0.261. The zero-order valence-electron chi connectivity index (χ0n) is 20.0. The van der Waals surface area contributed by atoms with E-state index in [0.29, 0.717) is 11.3 Å². The van der Waals surface area contributed by atoms with E-state index in [1.54, 1.807) is 48.5 Å². The van der Waals surface area contributed by atoms with Crippen LogP contribution in [0.3, 0.4) is 0 Å². The molecule has 4 aromatic rings. The highest BCUT2D eigenvalue weighted by Gasteiger charge is 2.29. The van der Waals surface area contributed by atoms with E-state index in [9.17, 15) is 23.7 Å². The lowest BCUT2D eigenvalue weighted by Gasteiger charge is -2.20. The number of halogens is 1. The normalized spacial score (nSPS) is 11.4. The highest BCUT2D eigenvalue weighted by atomic mass is 35.5. The molecule has 3 aromatic carbocycles. The van der Waals surface area contributed by atoms with Crippen LogP contribution in [-0.2, 0) is 16.6 Å². The molecule has 1 aromatic heterocycles. The van der Waals surface area contributed by atoms with Crippen molar-refractivity contribution in [2.45, 2.75) is 17.9 Å². The molecule has 0 saturated carbocycles. The summed E-state index contributed by atoms with van der Waals surface area (Å²) in [5.41, 5.74) is 0.704. The molecule has 0 radical (unpaired) electrons. The first-order valence-electron chi connectivity index (χ1n) is 11.1. The van der Waals surface area contributed by atoms with Crippen molar-refractivity contribution >= 4 is 21.6 Å². The minimum absolute atomic E-state index is 0.108. The molecule has 196 valence electrons. The Morgan fingerprint density at radius 1 is 1.05 bits per heavy atom. The van der Waals surface area contributed by atoms with Gasteiger partial charge in [0.2, 0.25) is 10.0 Å². The Balaban J connectivity index is 1.74. The average Bonchev–Trinajstić information content (AvgIpc) is 3.26.